The maximum Gasteiger partial charge on any atom is 0.335 e. The van der Waals surface area contributed by atoms with Gasteiger partial charge >= 0.3 is 5.97 Å². The molecular formula is C19H15ClFNO2. The van der Waals surface area contributed by atoms with E-state index < -0.39 is 5.97 Å². The number of rotatable bonds is 2. The largest absolute Gasteiger partial charge is 0.478 e. The molecule has 0 unspecified atom stereocenters. The summed E-state index contributed by atoms with van der Waals surface area (Å²) in [6.45, 7) is 0. The Bertz CT molecular complexity index is 844. The molecule has 2 aliphatic rings. The van der Waals surface area contributed by atoms with Gasteiger partial charge in [0.15, 0.2) is 0 Å². The molecule has 2 N–H and O–H groups in total. The van der Waals surface area contributed by atoms with Crippen LogP contribution < -0.4 is 5.32 Å². The van der Waals surface area contributed by atoms with E-state index in [1.54, 1.807) is 30.3 Å². The molecule has 3 atom stereocenters. The second kappa shape index (κ2) is 5.64. The van der Waals surface area contributed by atoms with Gasteiger partial charge in [0, 0.05) is 22.2 Å². The highest BCUT2D eigenvalue weighted by molar-refractivity contribution is 6.31. The van der Waals surface area contributed by atoms with Gasteiger partial charge in [0.05, 0.1) is 11.6 Å². The predicted molar refractivity (Wildman–Crippen MR) is 91.2 cm³/mol. The van der Waals surface area contributed by atoms with Crippen molar-refractivity contribution in [2.24, 2.45) is 5.92 Å². The van der Waals surface area contributed by atoms with Gasteiger partial charge in [0.1, 0.15) is 5.82 Å². The highest BCUT2D eigenvalue weighted by Crippen LogP contribution is 2.51. The number of carboxylic acid groups (broad SMARTS) is 1. The number of halogens is 2. The van der Waals surface area contributed by atoms with Gasteiger partial charge in [-0.25, -0.2) is 9.18 Å². The van der Waals surface area contributed by atoms with Crippen LogP contribution in [0.2, 0.25) is 5.02 Å². The molecule has 5 heteroatoms. The molecule has 3 nitrogen and oxygen atoms in total. The van der Waals surface area contributed by atoms with E-state index in [-0.39, 0.29) is 29.3 Å². The lowest BCUT2D eigenvalue weighted by atomic mass is 9.76. The Kier molecular flexibility index (Phi) is 3.57. The zero-order valence-corrected chi connectivity index (χ0v) is 13.4. The molecular weight excluding hydrogens is 329 g/mol. The maximum absolute atomic E-state index is 14.4. The monoisotopic (exact) mass is 343 g/mol. The Balaban J connectivity index is 1.83. The van der Waals surface area contributed by atoms with Gasteiger partial charge < -0.3 is 10.4 Å². The number of carbonyl (C=O) groups is 1. The first kappa shape index (κ1) is 15.2. The summed E-state index contributed by atoms with van der Waals surface area (Å²) in [6, 6.07) is 9.49. The third kappa shape index (κ3) is 2.29. The van der Waals surface area contributed by atoms with E-state index in [1.807, 2.05) is 0 Å². The predicted octanol–water partition coefficient (Wildman–Crippen LogP) is 5.00. The molecule has 0 spiro atoms. The summed E-state index contributed by atoms with van der Waals surface area (Å²) in [7, 11) is 0. The van der Waals surface area contributed by atoms with Crippen molar-refractivity contribution in [2.45, 2.75) is 18.4 Å². The third-order valence-corrected chi connectivity index (χ3v) is 5.25. The second-order valence-electron chi connectivity index (χ2n) is 6.22. The Labute approximate surface area is 143 Å². The molecule has 4 rings (SSSR count). The average Bonchev–Trinajstić information content (AvgIpc) is 3.04. The van der Waals surface area contributed by atoms with E-state index in [0.29, 0.717) is 10.6 Å². The van der Waals surface area contributed by atoms with E-state index >= 15 is 0 Å². The van der Waals surface area contributed by atoms with E-state index in [9.17, 15) is 14.3 Å². The lowest BCUT2D eigenvalue weighted by Crippen LogP contribution is -2.30. The fraction of sp³-hybridized carbons (Fsp3) is 0.211. The van der Waals surface area contributed by atoms with Gasteiger partial charge in [0.2, 0.25) is 0 Å². The highest BCUT2D eigenvalue weighted by Gasteiger charge is 2.39. The van der Waals surface area contributed by atoms with E-state index in [0.717, 1.165) is 17.7 Å². The Morgan fingerprint density at radius 3 is 2.88 bits per heavy atom. The van der Waals surface area contributed by atoms with Gasteiger partial charge in [-0.2, -0.15) is 0 Å². The van der Waals surface area contributed by atoms with Crippen LogP contribution in [0.25, 0.3) is 0 Å². The fourth-order valence-corrected chi connectivity index (χ4v) is 4.10. The number of hydrogen-bond donors (Lipinski definition) is 2. The fourth-order valence-electron chi connectivity index (χ4n) is 3.82. The van der Waals surface area contributed by atoms with E-state index in [1.165, 1.54) is 6.07 Å². The number of benzene rings is 2. The van der Waals surface area contributed by atoms with Crippen LogP contribution in [0.5, 0.6) is 0 Å². The van der Waals surface area contributed by atoms with Crippen LogP contribution in [0.3, 0.4) is 0 Å². The lowest BCUT2D eigenvalue weighted by Gasteiger charge is -2.38. The average molecular weight is 344 g/mol. The van der Waals surface area contributed by atoms with Gasteiger partial charge in [-0.3, -0.25) is 0 Å². The minimum Gasteiger partial charge on any atom is -0.478 e. The molecule has 122 valence electrons. The number of nitrogens with one attached hydrogen (secondary N) is 1. The normalized spacial score (nSPS) is 24.2. The molecule has 1 aliphatic heterocycles. The smallest absolute Gasteiger partial charge is 0.335 e. The van der Waals surface area contributed by atoms with Crippen molar-refractivity contribution in [3.05, 3.63) is 76.1 Å². The maximum atomic E-state index is 14.4. The van der Waals surface area contributed by atoms with E-state index in [4.69, 9.17) is 11.6 Å². The zero-order chi connectivity index (χ0) is 16.8. The minimum atomic E-state index is -0.949. The van der Waals surface area contributed by atoms with E-state index in [2.05, 4.69) is 17.5 Å². The molecule has 1 heterocycles. The molecule has 0 amide bonds. The lowest BCUT2D eigenvalue weighted by molar-refractivity contribution is 0.0696. The van der Waals surface area contributed by atoms with Crippen molar-refractivity contribution in [1.82, 2.24) is 0 Å². The molecule has 0 saturated carbocycles. The molecule has 0 fully saturated rings. The van der Waals surface area contributed by atoms with Crippen LogP contribution in [0.4, 0.5) is 10.1 Å². The summed E-state index contributed by atoms with van der Waals surface area (Å²) >= 11 is 6.27. The minimum absolute atomic E-state index is 0.0567. The second-order valence-corrected chi connectivity index (χ2v) is 6.63. The molecule has 0 aromatic heterocycles. The molecule has 0 radical (unpaired) electrons. The molecule has 0 saturated heterocycles. The summed E-state index contributed by atoms with van der Waals surface area (Å²) in [6.07, 6.45) is 4.95. The Hall–Kier alpha value is -2.33. The molecule has 1 aliphatic carbocycles. The first-order valence-electron chi connectivity index (χ1n) is 7.80. The SMILES string of the molecule is O=C(O)c1ccc2c(c1)[C@@H]1C=CC[C@H]1[C@@H](c1c(F)cccc1Cl)N2. The quantitative estimate of drug-likeness (QED) is 0.754. The van der Waals surface area contributed by atoms with Crippen LogP contribution in [0.1, 0.15) is 39.9 Å². The topological polar surface area (TPSA) is 49.3 Å². The summed E-state index contributed by atoms with van der Waals surface area (Å²) in [5.41, 5.74) is 2.51. The standard InChI is InChI=1S/C19H15ClFNO2/c20-14-5-2-6-15(21)17(14)18-12-4-1-3-11(12)13-9-10(19(23)24)7-8-16(13)22-18/h1-3,5-9,11-12,18,22H,4H2,(H,23,24)/t11-,12-,18+/m1/s1. The molecule has 0 bridgehead atoms. The summed E-state index contributed by atoms with van der Waals surface area (Å²) in [4.78, 5) is 11.2. The van der Waals surface area contributed by atoms with Crippen molar-refractivity contribution in [3.8, 4) is 0 Å². The van der Waals surface area contributed by atoms with Gasteiger partial charge in [-0.15, -0.1) is 0 Å². The number of anilines is 1. The zero-order valence-electron chi connectivity index (χ0n) is 12.7. The first-order chi connectivity index (χ1) is 11.6. The number of aromatic carboxylic acids is 1. The van der Waals surface area contributed by atoms with Crippen LogP contribution in [0, 0.1) is 11.7 Å². The van der Waals surface area contributed by atoms with Crippen LogP contribution in [-0.2, 0) is 0 Å². The van der Waals surface area contributed by atoms with Crippen molar-refractivity contribution in [2.75, 3.05) is 5.32 Å². The summed E-state index contributed by atoms with van der Waals surface area (Å²) < 4.78 is 14.4. The molecule has 24 heavy (non-hydrogen) atoms. The highest BCUT2D eigenvalue weighted by atomic mass is 35.5. The summed E-state index contributed by atoms with van der Waals surface area (Å²) in [5.74, 6) is -1.11. The van der Waals surface area contributed by atoms with Crippen LogP contribution in [0.15, 0.2) is 48.6 Å². The number of carboxylic acids is 1. The van der Waals surface area contributed by atoms with Crippen LogP contribution >= 0.6 is 11.6 Å². The number of hydrogen-bond acceptors (Lipinski definition) is 2. The first-order valence-corrected chi connectivity index (χ1v) is 8.18. The van der Waals surface area contributed by atoms with Crippen molar-refractivity contribution < 1.29 is 14.3 Å². The van der Waals surface area contributed by atoms with Crippen molar-refractivity contribution >= 4 is 23.3 Å². The molecule has 2 aromatic carbocycles. The van der Waals surface area contributed by atoms with Crippen molar-refractivity contribution in [1.29, 1.82) is 0 Å². The summed E-state index contributed by atoms with van der Waals surface area (Å²) in [5, 5.41) is 13.0. The van der Waals surface area contributed by atoms with Gasteiger partial charge in [0.25, 0.3) is 0 Å². The van der Waals surface area contributed by atoms with Gasteiger partial charge in [-0.05, 0) is 48.2 Å². The van der Waals surface area contributed by atoms with Crippen molar-refractivity contribution in [3.63, 3.8) is 0 Å². The van der Waals surface area contributed by atoms with Crippen LogP contribution in [-0.4, -0.2) is 11.1 Å². The number of fused-ring (bicyclic) bond motifs is 3. The van der Waals surface area contributed by atoms with Gasteiger partial charge in [-0.1, -0.05) is 29.8 Å². The number of allylic oxidation sites excluding steroid dienone is 2. The molecule has 2 aromatic rings. The Morgan fingerprint density at radius 2 is 2.12 bits per heavy atom. The Morgan fingerprint density at radius 1 is 1.29 bits per heavy atom. The third-order valence-electron chi connectivity index (χ3n) is 4.92.